The van der Waals surface area contributed by atoms with E-state index in [2.05, 4.69) is 18.5 Å². The van der Waals surface area contributed by atoms with Crippen molar-refractivity contribution in [3.8, 4) is 0 Å². The topological polar surface area (TPSA) is 140 Å². The van der Waals surface area contributed by atoms with Gasteiger partial charge in [0, 0.05) is 43.9 Å². The molecule has 1 amide bonds. The monoisotopic (exact) mass is 678 g/mol. The summed E-state index contributed by atoms with van der Waals surface area (Å²) >= 11 is 5.15. The Labute approximate surface area is 264 Å². The second-order valence-electron chi connectivity index (χ2n) is 8.35. The normalized spacial score (nSPS) is 10.6. The third-order valence-electron chi connectivity index (χ3n) is 5.34. The third kappa shape index (κ3) is 12.1. The highest BCUT2D eigenvalue weighted by molar-refractivity contribution is 8.14. The number of nitrogens with one attached hydrogen (secondary N) is 1. The molecule has 8 nitrogen and oxygen atoms in total. The van der Waals surface area contributed by atoms with Crippen LogP contribution >= 0.6 is 33.0 Å². The van der Waals surface area contributed by atoms with Gasteiger partial charge >= 0.3 is 0 Å². The van der Waals surface area contributed by atoms with Crippen LogP contribution in [0.15, 0.2) is 120 Å². The molecule has 4 rings (SSSR count). The summed E-state index contributed by atoms with van der Waals surface area (Å²) in [5.41, 5.74) is 9.49. The van der Waals surface area contributed by atoms with Gasteiger partial charge in [0.2, 0.25) is 0 Å². The summed E-state index contributed by atoms with van der Waals surface area (Å²) in [7, 11) is 2.75. The molecule has 43 heavy (non-hydrogen) atoms. The van der Waals surface area contributed by atoms with Gasteiger partial charge in [-0.1, -0.05) is 49.6 Å². The largest absolute Gasteiger partial charge is 0.399 e. The number of anilines is 2. The Morgan fingerprint density at radius 1 is 0.628 bits per heavy atom. The minimum Gasteiger partial charge on any atom is -0.399 e. The average molecular weight is 680 g/mol. The lowest BCUT2D eigenvalue weighted by Gasteiger charge is -2.06. The predicted molar refractivity (Wildman–Crippen MR) is 175 cm³/mol. The Kier molecular flexibility index (Phi) is 13.2. The molecule has 0 aliphatic heterocycles. The first kappa shape index (κ1) is 35.3. The lowest BCUT2D eigenvalue weighted by Crippen LogP contribution is -2.11. The number of rotatable bonds is 7. The highest BCUT2D eigenvalue weighted by atomic mass is 35.7. The van der Waals surface area contributed by atoms with E-state index < -0.39 is 23.3 Å². The molecule has 0 radical (unpaired) electrons. The van der Waals surface area contributed by atoms with E-state index in [0.29, 0.717) is 11.3 Å². The number of hydrogen-bond donors (Lipinski definition) is 2. The molecule has 0 saturated carbocycles. The molecule has 0 bridgehead atoms. The molecule has 13 heteroatoms. The van der Waals surface area contributed by atoms with Crippen molar-refractivity contribution in [3.05, 3.63) is 132 Å². The number of benzene rings is 4. The Hall–Kier alpha value is -3.93. The Bertz CT molecular complexity index is 1790. The number of carbonyl (C=O) groups excluding carboxylic acids is 2. The highest BCUT2D eigenvalue weighted by Gasteiger charge is 2.12. The molecule has 0 aliphatic rings. The van der Waals surface area contributed by atoms with Crippen LogP contribution in [0.4, 0.5) is 11.4 Å². The first-order valence-electron chi connectivity index (χ1n) is 11.9. The van der Waals surface area contributed by atoms with E-state index in [1.807, 2.05) is 36.4 Å². The van der Waals surface area contributed by atoms with Crippen molar-refractivity contribution in [1.29, 1.82) is 0 Å². The van der Waals surface area contributed by atoms with Gasteiger partial charge in [-0.15, -0.1) is 0 Å². The van der Waals surface area contributed by atoms with Crippen molar-refractivity contribution in [3.63, 3.8) is 0 Å². The summed E-state index contributed by atoms with van der Waals surface area (Å²) < 4.78 is 43.8. The molecule has 0 aromatic heterocycles. The van der Waals surface area contributed by atoms with E-state index in [1.165, 1.54) is 48.5 Å². The Morgan fingerprint density at radius 2 is 1.00 bits per heavy atom. The van der Waals surface area contributed by atoms with E-state index in [9.17, 15) is 26.4 Å². The van der Waals surface area contributed by atoms with Gasteiger partial charge in [-0.05, 0) is 95.5 Å². The summed E-state index contributed by atoms with van der Waals surface area (Å²) in [5.74, 6) is -0.333. The number of nitrogen functional groups attached to an aromatic ring is 1. The first-order valence-corrected chi connectivity index (χ1v) is 16.9. The summed E-state index contributed by atoms with van der Waals surface area (Å²) in [4.78, 5) is 22.5. The van der Waals surface area contributed by atoms with Crippen LogP contribution in [-0.4, -0.2) is 28.0 Å². The van der Waals surface area contributed by atoms with Crippen molar-refractivity contribution >= 4 is 85.7 Å². The molecule has 0 atom stereocenters. The van der Waals surface area contributed by atoms with Crippen molar-refractivity contribution in [2.75, 3.05) is 11.1 Å². The average Bonchev–Trinajstić information content (AvgIpc) is 2.98. The van der Waals surface area contributed by atoms with Gasteiger partial charge in [0.1, 0.15) is 0 Å². The van der Waals surface area contributed by atoms with Crippen molar-refractivity contribution in [2.24, 2.45) is 0 Å². The van der Waals surface area contributed by atoms with E-state index in [-0.39, 0.29) is 21.3 Å². The van der Waals surface area contributed by atoms with Gasteiger partial charge in [0.05, 0.1) is 9.79 Å². The van der Waals surface area contributed by atoms with Crippen molar-refractivity contribution in [1.82, 2.24) is 0 Å². The molecule has 0 unspecified atom stereocenters. The van der Waals surface area contributed by atoms with Crippen LogP contribution in [-0.2, 0) is 18.1 Å². The molecule has 0 heterocycles. The number of hydrogen-bond acceptors (Lipinski definition) is 7. The minimum absolute atomic E-state index is 0.0453. The molecular formula is C30H25Cl3N2O6S2. The van der Waals surface area contributed by atoms with Gasteiger partial charge in [-0.3, -0.25) is 9.59 Å². The zero-order valence-electron chi connectivity index (χ0n) is 22.3. The molecule has 0 aliphatic carbocycles. The fourth-order valence-electron chi connectivity index (χ4n) is 3.06. The van der Waals surface area contributed by atoms with Crippen LogP contribution in [0, 0.1) is 0 Å². The van der Waals surface area contributed by atoms with Crippen LogP contribution in [0.2, 0.25) is 0 Å². The number of amides is 1. The molecular weight excluding hydrogens is 655 g/mol. The predicted octanol–water partition coefficient (Wildman–Crippen LogP) is 7.41. The zero-order chi connectivity index (χ0) is 32.2. The fourth-order valence-corrected chi connectivity index (χ4v) is 4.72. The van der Waals surface area contributed by atoms with Gasteiger partial charge in [-0.2, -0.15) is 0 Å². The summed E-state index contributed by atoms with van der Waals surface area (Å²) in [6.45, 7) is 7.27. The number of nitrogens with two attached hydrogens (primary N) is 1. The Balaban J connectivity index is 0.000000249. The second kappa shape index (κ2) is 16.1. The molecule has 0 spiro atoms. The first-order chi connectivity index (χ1) is 20.1. The smallest absolute Gasteiger partial charge is 0.261 e. The maximum Gasteiger partial charge on any atom is 0.261 e. The summed E-state index contributed by atoms with van der Waals surface area (Å²) in [5, 5.41) is 2.07. The van der Waals surface area contributed by atoms with E-state index in [0.717, 1.165) is 16.8 Å². The zero-order valence-corrected chi connectivity index (χ0v) is 26.2. The lowest BCUT2D eigenvalue weighted by atomic mass is 10.2. The third-order valence-corrected chi connectivity index (χ3v) is 8.30. The van der Waals surface area contributed by atoms with Gasteiger partial charge < -0.3 is 11.1 Å². The van der Waals surface area contributed by atoms with Gasteiger partial charge in [0.25, 0.3) is 29.3 Å². The van der Waals surface area contributed by atoms with E-state index >= 15 is 0 Å². The Morgan fingerprint density at radius 3 is 1.35 bits per heavy atom. The van der Waals surface area contributed by atoms with Crippen molar-refractivity contribution in [2.45, 2.75) is 9.79 Å². The fraction of sp³-hybridized carbons (Fsp3) is 0. The lowest BCUT2D eigenvalue weighted by molar-refractivity contribution is 0.102. The van der Waals surface area contributed by atoms with Crippen molar-refractivity contribution < 1.29 is 26.4 Å². The maximum absolute atomic E-state index is 12.0. The van der Waals surface area contributed by atoms with Gasteiger partial charge in [0.15, 0.2) is 0 Å². The number of halogens is 3. The van der Waals surface area contributed by atoms with Crippen LogP contribution in [0.25, 0.3) is 12.2 Å². The number of carbonyl (C=O) groups is 2. The maximum atomic E-state index is 12.0. The minimum atomic E-state index is -3.78. The molecule has 0 saturated heterocycles. The van der Waals surface area contributed by atoms with Crippen LogP contribution in [0.1, 0.15) is 31.8 Å². The van der Waals surface area contributed by atoms with Crippen LogP contribution < -0.4 is 11.1 Å². The molecule has 0 fully saturated rings. The van der Waals surface area contributed by atoms with Gasteiger partial charge in [-0.25, -0.2) is 16.8 Å². The molecule has 4 aromatic carbocycles. The highest BCUT2D eigenvalue weighted by Crippen LogP contribution is 2.18. The van der Waals surface area contributed by atoms with E-state index in [1.54, 1.807) is 24.3 Å². The standard InChI is InChI=1S/C15H12ClNO3S.C8H9N.C7H4Cl2O3S/c1-2-11-3-7-13(8-4-11)17-15(18)12-5-9-14(10-6-12)21(16,19)20;1-2-7-3-5-8(9)6-4-7;8-7(10)5-1-3-6(4-2-5)13(9,11)12/h2-10H,1H2,(H,17,18);2-6H,1,9H2;1-4H. The quantitative estimate of drug-likeness (QED) is 0.153. The molecule has 4 aromatic rings. The second-order valence-corrected chi connectivity index (χ2v) is 13.8. The van der Waals surface area contributed by atoms with E-state index in [4.69, 9.17) is 38.7 Å². The molecule has 3 N–H and O–H groups in total. The SMILES string of the molecule is C=Cc1ccc(N)cc1.C=Cc1ccc(NC(=O)c2ccc(S(=O)(=O)Cl)cc2)cc1.O=C(Cl)c1ccc(S(=O)(=O)Cl)cc1. The molecule has 224 valence electrons. The van der Waals surface area contributed by atoms with Crippen LogP contribution in [0.5, 0.6) is 0 Å². The summed E-state index contributed by atoms with van der Waals surface area (Å²) in [6.07, 6.45) is 3.50. The summed E-state index contributed by atoms with van der Waals surface area (Å²) in [6, 6.07) is 25.2. The van der Waals surface area contributed by atoms with Crippen LogP contribution in [0.3, 0.4) is 0 Å².